The molecule has 0 saturated carbocycles. The van der Waals surface area contributed by atoms with Gasteiger partial charge in [-0.1, -0.05) is 31.9 Å². The normalized spacial score (nSPS) is 17.6. The molecule has 23 heavy (non-hydrogen) atoms. The Balaban J connectivity index is 0.00000127. The van der Waals surface area contributed by atoms with Gasteiger partial charge >= 0.3 is 11.9 Å². The molecule has 1 heterocycles. The van der Waals surface area contributed by atoms with Crippen molar-refractivity contribution >= 4 is 11.9 Å². The van der Waals surface area contributed by atoms with Crippen molar-refractivity contribution in [3.8, 4) is 17.6 Å². The van der Waals surface area contributed by atoms with Gasteiger partial charge in [-0.15, -0.1) is 5.92 Å². The van der Waals surface area contributed by atoms with Crippen LogP contribution in [0.25, 0.3) is 0 Å². The fourth-order valence-electron chi connectivity index (χ4n) is 2.20. The van der Waals surface area contributed by atoms with E-state index in [0.29, 0.717) is 5.56 Å². The van der Waals surface area contributed by atoms with Crippen molar-refractivity contribution in [1.29, 1.82) is 0 Å². The van der Waals surface area contributed by atoms with Crippen LogP contribution in [-0.2, 0) is 19.1 Å². The lowest BCUT2D eigenvalue weighted by Crippen LogP contribution is -2.48. The number of phenols is 1. The van der Waals surface area contributed by atoms with E-state index in [4.69, 9.17) is 9.47 Å². The van der Waals surface area contributed by atoms with Gasteiger partial charge in [-0.25, -0.2) is 0 Å². The van der Waals surface area contributed by atoms with E-state index in [1.807, 2.05) is 13.8 Å². The van der Waals surface area contributed by atoms with Crippen LogP contribution < -0.4 is 0 Å². The van der Waals surface area contributed by atoms with E-state index in [9.17, 15) is 14.7 Å². The van der Waals surface area contributed by atoms with Crippen LogP contribution in [-0.4, -0.2) is 22.8 Å². The summed E-state index contributed by atoms with van der Waals surface area (Å²) in [6, 6.07) is 6.18. The molecule has 1 fully saturated rings. The summed E-state index contributed by atoms with van der Waals surface area (Å²) < 4.78 is 10.3. The van der Waals surface area contributed by atoms with Crippen LogP contribution in [0.1, 0.15) is 46.1 Å². The largest absolute Gasteiger partial charge is 0.508 e. The minimum absolute atomic E-state index is 0.0943. The molecule has 1 N–H and O–H groups in total. The van der Waals surface area contributed by atoms with Gasteiger partial charge in [0.2, 0.25) is 0 Å². The minimum Gasteiger partial charge on any atom is -0.508 e. The predicted octanol–water partition coefficient (Wildman–Crippen LogP) is 2.98. The van der Waals surface area contributed by atoms with Crippen LogP contribution in [0.2, 0.25) is 0 Å². The van der Waals surface area contributed by atoms with Crippen LogP contribution >= 0.6 is 0 Å². The first-order valence-electron chi connectivity index (χ1n) is 7.51. The highest BCUT2D eigenvalue weighted by atomic mass is 16.7. The fourth-order valence-corrected chi connectivity index (χ4v) is 2.20. The van der Waals surface area contributed by atoms with Crippen molar-refractivity contribution in [3.05, 3.63) is 29.8 Å². The summed E-state index contributed by atoms with van der Waals surface area (Å²) in [4.78, 5) is 24.3. The summed E-state index contributed by atoms with van der Waals surface area (Å²) in [6.45, 7) is 8.62. The molecule has 1 unspecified atom stereocenters. The van der Waals surface area contributed by atoms with Gasteiger partial charge in [0.25, 0.3) is 5.79 Å². The van der Waals surface area contributed by atoms with Crippen molar-refractivity contribution in [2.75, 3.05) is 0 Å². The first-order valence-corrected chi connectivity index (χ1v) is 7.51. The van der Waals surface area contributed by atoms with E-state index >= 15 is 0 Å². The van der Waals surface area contributed by atoms with Crippen LogP contribution in [0.4, 0.5) is 0 Å². The molecular weight excluding hydrogens is 296 g/mol. The second-order valence-corrected chi connectivity index (χ2v) is 5.18. The van der Waals surface area contributed by atoms with E-state index in [1.54, 1.807) is 19.1 Å². The van der Waals surface area contributed by atoms with E-state index in [2.05, 4.69) is 11.8 Å². The highest BCUT2D eigenvalue weighted by Gasteiger charge is 2.47. The van der Waals surface area contributed by atoms with Gasteiger partial charge in [-0.3, -0.25) is 9.59 Å². The third-order valence-electron chi connectivity index (χ3n) is 3.09. The first-order chi connectivity index (χ1) is 10.8. The van der Waals surface area contributed by atoms with Crippen LogP contribution in [0.5, 0.6) is 5.75 Å². The molecule has 0 spiro atoms. The third kappa shape index (κ3) is 4.49. The number of phenolic OH excluding ortho intramolecular Hbond substituents is 1. The molecule has 5 nitrogen and oxygen atoms in total. The van der Waals surface area contributed by atoms with E-state index in [-0.39, 0.29) is 5.75 Å². The standard InChI is InChI=1S/C16H16O5.C2H6/c1-4-5-12(10-6-8-11(17)9-7-10)13-14(18)20-16(2,3)21-15(13)19;1-2/h6-9,12-13,17H,1-3H3;1-2H3. The summed E-state index contributed by atoms with van der Waals surface area (Å²) >= 11 is 0. The molecule has 0 amide bonds. The topological polar surface area (TPSA) is 72.8 Å². The molecule has 1 aliphatic heterocycles. The number of hydrogen-bond donors (Lipinski definition) is 1. The van der Waals surface area contributed by atoms with Crippen molar-refractivity contribution in [2.24, 2.45) is 5.92 Å². The molecule has 0 radical (unpaired) electrons. The average Bonchev–Trinajstić information content (AvgIpc) is 2.47. The second-order valence-electron chi connectivity index (χ2n) is 5.18. The quantitative estimate of drug-likeness (QED) is 0.515. The summed E-state index contributed by atoms with van der Waals surface area (Å²) in [6.07, 6.45) is 0. The smallest absolute Gasteiger partial charge is 0.325 e. The number of carbonyl (C=O) groups excluding carboxylic acids is 2. The summed E-state index contributed by atoms with van der Waals surface area (Å²) in [5.41, 5.74) is 0.640. The molecule has 1 saturated heterocycles. The molecule has 1 aliphatic rings. The fraction of sp³-hybridized carbons (Fsp3) is 0.444. The average molecular weight is 318 g/mol. The summed E-state index contributed by atoms with van der Waals surface area (Å²) in [5.74, 6) is 1.27. The van der Waals surface area contributed by atoms with Gasteiger partial charge in [0.05, 0.1) is 5.92 Å². The number of ether oxygens (including phenoxy) is 2. The lowest BCUT2D eigenvalue weighted by atomic mass is 9.85. The Hall–Kier alpha value is -2.48. The number of carbonyl (C=O) groups is 2. The molecule has 1 aromatic rings. The van der Waals surface area contributed by atoms with Crippen molar-refractivity contribution in [1.82, 2.24) is 0 Å². The van der Waals surface area contributed by atoms with Crippen LogP contribution in [0.3, 0.4) is 0 Å². The molecular formula is C18H22O5. The Morgan fingerprint density at radius 2 is 1.57 bits per heavy atom. The highest BCUT2D eigenvalue weighted by molar-refractivity contribution is 5.98. The maximum atomic E-state index is 12.1. The maximum Gasteiger partial charge on any atom is 0.325 e. The summed E-state index contributed by atoms with van der Waals surface area (Å²) in [7, 11) is 0. The molecule has 1 aromatic carbocycles. The van der Waals surface area contributed by atoms with E-state index in [0.717, 1.165) is 0 Å². The van der Waals surface area contributed by atoms with Crippen LogP contribution in [0.15, 0.2) is 24.3 Å². The Labute approximate surface area is 136 Å². The van der Waals surface area contributed by atoms with Crippen molar-refractivity contribution < 1.29 is 24.2 Å². The number of esters is 2. The predicted molar refractivity (Wildman–Crippen MR) is 85.4 cm³/mol. The minimum atomic E-state index is -1.26. The lowest BCUT2D eigenvalue weighted by Gasteiger charge is -2.34. The Bertz CT molecular complexity index is 599. The van der Waals surface area contributed by atoms with Gasteiger partial charge in [0.15, 0.2) is 5.92 Å². The zero-order valence-electron chi connectivity index (χ0n) is 14.0. The van der Waals surface area contributed by atoms with Crippen molar-refractivity contribution in [3.63, 3.8) is 0 Å². The number of aromatic hydroxyl groups is 1. The van der Waals surface area contributed by atoms with Gasteiger partial charge in [-0.2, -0.15) is 0 Å². The number of benzene rings is 1. The maximum absolute atomic E-state index is 12.1. The van der Waals surface area contributed by atoms with Crippen molar-refractivity contribution in [2.45, 2.75) is 46.3 Å². The van der Waals surface area contributed by atoms with Gasteiger partial charge in [-0.05, 0) is 24.6 Å². The third-order valence-corrected chi connectivity index (χ3v) is 3.09. The van der Waals surface area contributed by atoms with Gasteiger partial charge < -0.3 is 14.6 Å². The Morgan fingerprint density at radius 3 is 2.00 bits per heavy atom. The number of rotatable bonds is 2. The van der Waals surface area contributed by atoms with Gasteiger partial charge in [0.1, 0.15) is 5.75 Å². The number of cyclic esters (lactones) is 2. The first kappa shape index (κ1) is 18.6. The zero-order valence-corrected chi connectivity index (χ0v) is 14.0. The molecule has 2 rings (SSSR count). The Morgan fingerprint density at radius 1 is 1.09 bits per heavy atom. The second kappa shape index (κ2) is 7.68. The number of hydrogen-bond acceptors (Lipinski definition) is 5. The molecule has 1 atom stereocenters. The summed E-state index contributed by atoms with van der Waals surface area (Å²) in [5, 5.41) is 9.33. The van der Waals surface area contributed by atoms with E-state index < -0.39 is 29.6 Å². The SMILES string of the molecule is CC.CC#CC(c1ccc(O)cc1)C1C(=O)OC(C)(C)OC1=O. The van der Waals surface area contributed by atoms with Crippen LogP contribution in [0, 0.1) is 17.8 Å². The molecule has 0 aliphatic carbocycles. The van der Waals surface area contributed by atoms with Gasteiger partial charge in [0, 0.05) is 13.8 Å². The monoisotopic (exact) mass is 318 g/mol. The lowest BCUT2D eigenvalue weighted by molar-refractivity contribution is -0.240. The van der Waals surface area contributed by atoms with E-state index in [1.165, 1.54) is 26.0 Å². The Kier molecular flexibility index (Phi) is 6.20. The molecule has 0 aromatic heterocycles. The molecule has 5 heteroatoms. The highest BCUT2D eigenvalue weighted by Crippen LogP contribution is 2.33. The zero-order chi connectivity index (χ0) is 17.6. The molecule has 0 bridgehead atoms. The molecule has 124 valence electrons.